The standard InChI is InChI=1S/C24H24S3/c1-3-7-21-19(5-1)23(20-6-2-4-8-22(20)26-21)14-25-24(27-23)17-10-15-9-16(12-17)13-18(24)11-15/h1-8,15-18H,9-14H2. The minimum Gasteiger partial charge on any atom is -0.141 e. The quantitative estimate of drug-likeness (QED) is 0.459. The predicted molar refractivity (Wildman–Crippen MR) is 118 cm³/mol. The molecule has 2 aromatic rings. The number of hydrogen-bond donors (Lipinski definition) is 0. The molecule has 0 unspecified atom stereocenters. The summed E-state index contributed by atoms with van der Waals surface area (Å²) in [6, 6.07) is 18.5. The molecule has 0 radical (unpaired) electrons. The Hall–Kier alpha value is -0.510. The van der Waals surface area contributed by atoms with Gasteiger partial charge in [-0.2, -0.15) is 0 Å². The molecule has 3 heteroatoms. The number of hydrogen-bond acceptors (Lipinski definition) is 3. The molecule has 2 aliphatic heterocycles. The van der Waals surface area contributed by atoms with Crippen molar-refractivity contribution in [3.63, 3.8) is 0 Å². The van der Waals surface area contributed by atoms with Gasteiger partial charge in [0, 0.05) is 15.5 Å². The molecule has 2 spiro atoms. The van der Waals surface area contributed by atoms with E-state index in [1.807, 2.05) is 11.8 Å². The van der Waals surface area contributed by atoms with E-state index in [2.05, 4.69) is 72.1 Å². The van der Waals surface area contributed by atoms with Crippen LogP contribution < -0.4 is 0 Å². The third-order valence-electron chi connectivity index (χ3n) is 7.98. The smallest absolute Gasteiger partial charge is 0.0783 e. The first-order valence-electron chi connectivity index (χ1n) is 10.5. The number of fused-ring (bicyclic) bond motifs is 4. The Kier molecular flexibility index (Phi) is 3.35. The van der Waals surface area contributed by atoms with Crippen LogP contribution in [0.1, 0.15) is 43.2 Å². The summed E-state index contributed by atoms with van der Waals surface area (Å²) in [5.74, 6) is 5.28. The Morgan fingerprint density at radius 3 is 1.85 bits per heavy atom. The van der Waals surface area contributed by atoms with Gasteiger partial charge in [0.05, 0.1) is 8.83 Å². The molecule has 4 aliphatic carbocycles. The minimum atomic E-state index is 0.165. The van der Waals surface area contributed by atoms with Gasteiger partial charge in [0.2, 0.25) is 0 Å². The van der Waals surface area contributed by atoms with Crippen LogP contribution in [0.5, 0.6) is 0 Å². The van der Waals surface area contributed by atoms with Crippen LogP contribution in [-0.4, -0.2) is 9.83 Å². The topological polar surface area (TPSA) is 0 Å². The van der Waals surface area contributed by atoms with Crippen LogP contribution in [0, 0.1) is 23.7 Å². The molecule has 2 aromatic carbocycles. The summed E-state index contributed by atoms with van der Waals surface area (Å²) in [6.45, 7) is 0. The SMILES string of the molecule is c1ccc2c(c1)Sc1ccccc1C21CSC2(S1)C1CC3CC(C1)CC2C3. The van der Waals surface area contributed by atoms with E-state index in [1.165, 1.54) is 41.2 Å². The maximum Gasteiger partial charge on any atom is 0.0783 e. The van der Waals surface area contributed by atoms with E-state index in [4.69, 9.17) is 0 Å². The normalized spacial score (nSPS) is 39.7. The fourth-order valence-electron chi connectivity index (χ4n) is 7.10. The monoisotopic (exact) mass is 408 g/mol. The maximum absolute atomic E-state index is 2.43. The highest BCUT2D eigenvalue weighted by atomic mass is 32.2. The molecular weight excluding hydrogens is 384 g/mol. The largest absolute Gasteiger partial charge is 0.141 e. The van der Waals surface area contributed by atoms with E-state index in [0.29, 0.717) is 4.08 Å². The third-order valence-corrected chi connectivity index (χ3v) is 13.5. The van der Waals surface area contributed by atoms with E-state index in [9.17, 15) is 0 Å². The van der Waals surface area contributed by atoms with Gasteiger partial charge >= 0.3 is 0 Å². The molecule has 6 aliphatic rings. The van der Waals surface area contributed by atoms with Gasteiger partial charge in [0.1, 0.15) is 0 Å². The zero-order valence-electron chi connectivity index (χ0n) is 15.4. The highest BCUT2D eigenvalue weighted by Gasteiger charge is 2.65. The van der Waals surface area contributed by atoms with Crippen molar-refractivity contribution in [1.29, 1.82) is 0 Å². The second kappa shape index (κ2) is 5.55. The lowest BCUT2D eigenvalue weighted by atomic mass is 9.56. The fraction of sp³-hybridized carbons (Fsp3) is 0.500. The summed E-state index contributed by atoms with van der Waals surface area (Å²) in [6.07, 6.45) is 7.61. The Morgan fingerprint density at radius 1 is 0.704 bits per heavy atom. The van der Waals surface area contributed by atoms with Crippen LogP contribution >= 0.6 is 35.3 Å². The third kappa shape index (κ3) is 2.07. The van der Waals surface area contributed by atoms with Crippen LogP contribution in [0.3, 0.4) is 0 Å². The van der Waals surface area contributed by atoms with Crippen molar-refractivity contribution < 1.29 is 0 Å². The zero-order valence-corrected chi connectivity index (χ0v) is 17.8. The highest BCUT2D eigenvalue weighted by molar-refractivity contribution is 8.22. The lowest BCUT2D eigenvalue weighted by Gasteiger charge is -2.59. The summed E-state index contributed by atoms with van der Waals surface area (Å²) >= 11 is 6.76. The molecule has 1 saturated heterocycles. The van der Waals surface area contributed by atoms with Crippen LogP contribution in [0.4, 0.5) is 0 Å². The molecule has 27 heavy (non-hydrogen) atoms. The lowest BCUT2D eigenvalue weighted by molar-refractivity contribution is 0.0158. The Labute approximate surface area is 174 Å². The average molecular weight is 409 g/mol. The molecule has 8 rings (SSSR count). The van der Waals surface area contributed by atoms with Crippen molar-refractivity contribution in [2.45, 2.75) is 50.7 Å². The maximum atomic E-state index is 2.43. The summed E-state index contributed by atoms with van der Waals surface area (Å²) in [5.41, 5.74) is 3.19. The summed E-state index contributed by atoms with van der Waals surface area (Å²) in [7, 11) is 0. The molecule has 0 N–H and O–H groups in total. The predicted octanol–water partition coefficient (Wildman–Crippen LogP) is 7.03. The van der Waals surface area contributed by atoms with Crippen molar-refractivity contribution in [3.05, 3.63) is 59.7 Å². The van der Waals surface area contributed by atoms with Crippen molar-refractivity contribution in [2.24, 2.45) is 23.7 Å². The van der Waals surface area contributed by atoms with Crippen LogP contribution in [-0.2, 0) is 4.75 Å². The van der Waals surface area contributed by atoms with Crippen LogP contribution in [0.15, 0.2) is 58.3 Å². The van der Waals surface area contributed by atoms with Crippen molar-refractivity contribution in [3.8, 4) is 0 Å². The Morgan fingerprint density at radius 2 is 1.26 bits per heavy atom. The lowest BCUT2D eigenvalue weighted by Crippen LogP contribution is -2.53. The van der Waals surface area contributed by atoms with Gasteiger partial charge in [-0.15, -0.1) is 23.5 Å². The minimum absolute atomic E-state index is 0.165. The molecule has 5 fully saturated rings. The van der Waals surface area contributed by atoms with Gasteiger partial charge in [0.25, 0.3) is 0 Å². The Balaban J connectivity index is 1.40. The molecule has 138 valence electrons. The number of rotatable bonds is 0. The van der Waals surface area contributed by atoms with Gasteiger partial charge in [-0.3, -0.25) is 0 Å². The first kappa shape index (κ1) is 16.3. The van der Waals surface area contributed by atoms with Crippen molar-refractivity contribution in [1.82, 2.24) is 0 Å². The Bertz CT molecular complexity index is 859. The molecule has 0 aromatic heterocycles. The van der Waals surface area contributed by atoms with Crippen molar-refractivity contribution >= 4 is 35.3 Å². The van der Waals surface area contributed by atoms with Crippen LogP contribution in [0.25, 0.3) is 0 Å². The molecule has 2 heterocycles. The van der Waals surface area contributed by atoms with Gasteiger partial charge in [-0.05, 0) is 79.0 Å². The van der Waals surface area contributed by atoms with Crippen molar-refractivity contribution in [2.75, 3.05) is 5.75 Å². The van der Waals surface area contributed by atoms with Crippen LogP contribution in [0.2, 0.25) is 0 Å². The number of thioether (sulfide) groups is 2. The summed E-state index contributed by atoms with van der Waals surface area (Å²) < 4.78 is 0.647. The highest BCUT2D eigenvalue weighted by Crippen LogP contribution is 2.76. The second-order valence-corrected chi connectivity index (χ2v) is 13.5. The second-order valence-electron chi connectivity index (χ2n) is 9.34. The molecule has 0 amide bonds. The zero-order chi connectivity index (χ0) is 17.6. The van der Waals surface area contributed by atoms with E-state index < -0.39 is 0 Å². The molecule has 0 nitrogen and oxygen atoms in total. The van der Waals surface area contributed by atoms with E-state index in [1.54, 1.807) is 17.5 Å². The molecule has 4 saturated carbocycles. The van der Waals surface area contributed by atoms with E-state index in [-0.39, 0.29) is 4.75 Å². The first-order valence-corrected chi connectivity index (χ1v) is 13.1. The first-order chi connectivity index (χ1) is 13.3. The molecule has 0 atom stereocenters. The summed E-state index contributed by atoms with van der Waals surface area (Å²) in [4.78, 5) is 2.98. The molecular formula is C24H24S3. The average Bonchev–Trinajstić information content (AvgIpc) is 3.08. The summed E-state index contributed by atoms with van der Waals surface area (Å²) in [5, 5.41) is 0. The van der Waals surface area contributed by atoms with Gasteiger partial charge in [-0.1, -0.05) is 48.2 Å². The number of benzene rings is 2. The fourth-order valence-corrected chi connectivity index (χ4v) is 13.1. The van der Waals surface area contributed by atoms with Gasteiger partial charge in [0.15, 0.2) is 0 Å². The van der Waals surface area contributed by atoms with Gasteiger partial charge < -0.3 is 0 Å². The van der Waals surface area contributed by atoms with E-state index >= 15 is 0 Å². The van der Waals surface area contributed by atoms with Gasteiger partial charge in [-0.25, -0.2) is 0 Å². The molecule has 4 bridgehead atoms. The van der Waals surface area contributed by atoms with E-state index in [0.717, 1.165) is 23.7 Å².